The minimum Gasteiger partial charge on any atom is -0.408 e. The predicted molar refractivity (Wildman–Crippen MR) is 80.0 cm³/mol. The molecule has 0 aliphatic rings. The van der Waals surface area contributed by atoms with Gasteiger partial charge in [0.2, 0.25) is 5.91 Å². The molecule has 3 N–H and O–H groups in total. The summed E-state index contributed by atoms with van der Waals surface area (Å²) >= 11 is 0. The Balaban J connectivity index is 1.84. The third kappa shape index (κ3) is 2.64. The molecule has 3 rings (SSSR count). The van der Waals surface area contributed by atoms with Crippen LogP contribution >= 0.6 is 0 Å². The van der Waals surface area contributed by atoms with E-state index in [0.717, 1.165) is 0 Å². The van der Waals surface area contributed by atoms with Crippen LogP contribution in [-0.4, -0.2) is 10.5 Å². The normalized spacial score (nSPS) is 10.7. The maximum atomic E-state index is 12.0. The second-order valence-corrected chi connectivity index (χ2v) is 4.60. The molecule has 0 aliphatic carbocycles. The number of carbonyl (C=O) groups excluding carboxylic acids is 1. The lowest BCUT2D eigenvalue weighted by molar-refractivity contribution is -0.116. The number of nitrogens with zero attached hydrogens (tertiary/aromatic N) is 1. The van der Waals surface area contributed by atoms with Crippen LogP contribution in [0.5, 0.6) is 0 Å². The van der Waals surface area contributed by atoms with Gasteiger partial charge in [-0.3, -0.25) is 9.36 Å². The number of amides is 1. The topological polar surface area (TPSA) is 90.3 Å². The van der Waals surface area contributed by atoms with Crippen molar-refractivity contribution < 1.29 is 9.21 Å². The van der Waals surface area contributed by atoms with Gasteiger partial charge in [0.25, 0.3) is 0 Å². The number of carbonyl (C=O) groups is 1. The van der Waals surface area contributed by atoms with Crippen LogP contribution in [0.3, 0.4) is 0 Å². The molecule has 0 spiro atoms. The first-order chi connectivity index (χ1) is 10.1. The highest BCUT2D eigenvalue weighted by molar-refractivity contribution is 5.91. The molecule has 0 atom stereocenters. The quantitative estimate of drug-likeness (QED) is 0.717. The number of para-hydroxylation sites is 2. The first-order valence-electron chi connectivity index (χ1n) is 6.37. The molecule has 1 aromatic heterocycles. The summed E-state index contributed by atoms with van der Waals surface area (Å²) in [6.07, 6.45) is 0. The number of nitrogen functional groups attached to an aromatic ring is 1. The molecular weight excluding hydrogens is 270 g/mol. The molecule has 0 aliphatic heterocycles. The van der Waals surface area contributed by atoms with E-state index in [1.54, 1.807) is 48.5 Å². The number of nitrogens with two attached hydrogens (primary N) is 1. The zero-order chi connectivity index (χ0) is 14.8. The lowest BCUT2D eigenvalue weighted by Gasteiger charge is -2.06. The van der Waals surface area contributed by atoms with Gasteiger partial charge in [0.15, 0.2) is 5.58 Å². The zero-order valence-electron chi connectivity index (χ0n) is 11.1. The van der Waals surface area contributed by atoms with Crippen molar-refractivity contribution in [3.8, 4) is 0 Å². The van der Waals surface area contributed by atoms with E-state index in [2.05, 4.69) is 5.32 Å². The number of benzene rings is 2. The first kappa shape index (κ1) is 13.0. The Morgan fingerprint density at radius 2 is 2.00 bits per heavy atom. The van der Waals surface area contributed by atoms with Crippen LogP contribution in [0, 0.1) is 0 Å². The molecule has 1 amide bonds. The van der Waals surface area contributed by atoms with Gasteiger partial charge in [-0.25, -0.2) is 4.79 Å². The largest absolute Gasteiger partial charge is 0.420 e. The van der Waals surface area contributed by atoms with Crippen LogP contribution < -0.4 is 16.8 Å². The van der Waals surface area contributed by atoms with Crippen molar-refractivity contribution in [2.75, 3.05) is 11.1 Å². The summed E-state index contributed by atoms with van der Waals surface area (Å²) in [4.78, 5) is 23.8. The molecular formula is C15H13N3O3. The second kappa shape index (κ2) is 5.16. The summed E-state index contributed by atoms with van der Waals surface area (Å²) < 4.78 is 6.37. The van der Waals surface area contributed by atoms with Crippen molar-refractivity contribution in [1.29, 1.82) is 0 Å². The van der Waals surface area contributed by atoms with Crippen LogP contribution in [0.2, 0.25) is 0 Å². The summed E-state index contributed by atoms with van der Waals surface area (Å²) in [5, 5.41) is 2.69. The molecule has 0 bridgehead atoms. The molecule has 0 saturated heterocycles. The highest BCUT2D eigenvalue weighted by Gasteiger charge is 2.12. The monoisotopic (exact) mass is 283 g/mol. The fourth-order valence-electron chi connectivity index (χ4n) is 2.12. The number of aromatic nitrogens is 1. The van der Waals surface area contributed by atoms with E-state index < -0.39 is 5.76 Å². The van der Waals surface area contributed by atoms with Crippen molar-refractivity contribution in [3.05, 3.63) is 59.1 Å². The van der Waals surface area contributed by atoms with Gasteiger partial charge in [0, 0.05) is 11.4 Å². The average molecular weight is 283 g/mol. The summed E-state index contributed by atoms with van der Waals surface area (Å²) in [5.41, 5.74) is 7.83. The molecule has 1 heterocycles. The molecule has 6 nitrogen and oxygen atoms in total. The Morgan fingerprint density at radius 3 is 2.81 bits per heavy atom. The summed E-state index contributed by atoms with van der Waals surface area (Å²) in [7, 11) is 0. The van der Waals surface area contributed by atoms with Gasteiger partial charge in [-0.1, -0.05) is 18.2 Å². The van der Waals surface area contributed by atoms with E-state index >= 15 is 0 Å². The average Bonchev–Trinajstić information content (AvgIpc) is 2.75. The maximum absolute atomic E-state index is 12.0. The van der Waals surface area contributed by atoms with Crippen molar-refractivity contribution >= 4 is 28.4 Å². The number of nitrogens with one attached hydrogen (secondary N) is 1. The third-order valence-corrected chi connectivity index (χ3v) is 3.05. The van der Waals surface area contributed by atoms with E-state index in [1.807, 2.05) is 0 Å². The molecule has 21 heavy (non-hydrogen) atoms. The SMILES string of the molecule is Nc1cccc(NC(=O)Cn2c(=O)oc3ccccc32)c1. The smallest absolute Gasteiger partial charge is 0.408 e. The standard InChI is InChI=1S/C15H13N3O3/c16-10-4-3-5-11(8-10)17-14(19)9-18-12-6-1-2-7-13(12)21-15(18)20/h1-8H,9,16H2,(H,17,19). The van der Waals surface area contributed by atoms with E-state index in [-0.39, 0.29) is 12.5 Å². The molecule has 0 saturated carbocycles. The summed E-state index contributed by atoms with van der Waals surface area (Å²) in [5.74, 6) is -0.881. The Morgan fingerprint density at radius 1 is 1.19 bits per heavy atom. The van der Waals surface area contributed by atoms with Gasteiger partial charge in [-0.15, -0.1) is 0 Å². The Hall–Kier alpha value is -3.02. The van der Waals surface area contributed by atoms with Crippen LogP contribution in [0.1, 0.15) is 0 Å². The van der Waals surface area contributed by atoms with Gasteiger partial charge in [-0.2, -0.15) is 0 Å². The summed E-state index contributed by atoms with van der Waals surface area (Å²) in [6.45, 7) is -0.120. The van der Waals surface area contributed by atoms with Crippen LogP contribution in [0.15, 0.2) is 57.7 Å². The van der Waals surface area contributed by atoms with E-state index in [9.17, 15) is 9.59 Å². The van der Waals surface area contributed by atoms with Gasteiger partial charge >= 0.3 is 5.76 Å². The molecule has 6 heteroatoms. The van der Waals surface area contributed by atoms with E-state index in [0.29, 0.717) is 22.5 Å². The lowest BCUT2D eigenvalue weighted by atomic mass is 10.3. The van der Waals surface area contributed by atoms with Gasteiger partial charge in [0.05, 0.1) is 5.52 Å². The van der Waals surface area contributed by atoms with Crippen molar-refractivity contribution in [2.45, 2.75) is 6.54 Å². The van der Waals surface area contributed by atoms with Crippen LogP contribution in [-0.2, 0) is 11.3 Å². The molecule has 0 unspecified atom stereocenters. The third-order valence-electron chi connectivity index (χ3n) is 3.05. The number of fused-ring (bicyclic) bond motifs is 1. The zero-order valence-corrected chi connectivity index (χ0v) is 11.1. The number of hydrogen-bond acceptors (Lipinski definition) is 4. The second-order valence-electron chi connectivity index (χ2n) is 4.60. The highest BCUT2D eigenvalue weighted by atomic mass is 16.4. The first-order valence-corrected chi connectivity index (χ1v) is 6.37. The van der Waals surface area contributed by atoms with Gasteiger partial charge < -0.3 is 15.5 Å². The molecule has 3 aromatic rings. The minimum atomic E-state index is -0.557. The van der Waals surface area contributed by atoms with Gasteiger partial charge in [-0.05, 0) is 30.3 Å². The molecule has 0 radical (unpaired) electrons. The van der Waals surface area contributed by atoms with Crippen molar-refractivity contribution in [1.82, 2.24) is 4.57 Å². The highest BCUT2D eigenvalue weighted by Crippen LogP contribution is 2.13. The van der Waals surface area contributed by atoms with Crippen LogP contribution in [0.25, 0.3) is 11.1 Å². The van der Waals surface area contributed by atoms with E-state index in [4.69, 9.17) is 10.2 Å². The number of oxazole rings is 1. The van der Waals surface area contributed by atoms with Crippen molar-refractivity contribution in [2.24, 2.45) is 0 Å². The number of rotatable bonds is 3. The Bertz CT molecular complexity index is 864. The fourth-order valence-corrected chi connectivity index (χ4v) is 2.12. The number of anilines is 2. The minimum absolute atomic E-state index is 0.120. The number of hydrogen-bond donors (Lipinski definition) is 2. The van der Waals surface area contributed by atoms with E-state index in [1.165, 1.54) is 4.57 Å². The maximum Gasteiger partial charge on any atom is 0.420 e. The Labute approximate surface area is 119 Å². The lowest BCUT2D eigenvalue weighted by Crippen LogP contribution is -2.24. The Kier molecular flexibility index (Phi) is 3.19. The predicted octanol–water partition coefficient (Wildman–Crippen LogP) is 1.82. The summed E-state index contributed by atoms with van der Waals surface area (Å²) in [6, 6.07) is 13.8. The van der Waals surface area contributed by atoms with Crippen LogP contribution in [0.4, 0.5) is 11.4 Å². The van der Waals surface area contributed by atoms with Gasteiger partial charge in [0.1, 0.15) is 6.54 Å². The van der Waals surface area contributed by atoms with Crippen molar-refractivity contribution in [3.63, 3.8) is 0 Å². The molecule has 0 fully saturated rings. The molecule has 106 valence electrons. The molecule has 2 aromatic carbocycles. The fraction of sp³-hybridized carbons (Fsp3) is 0.0667.